The zero-order valence-corrected chi connectivity index (χ0v) is 13.3. The molecule has 0 N–H and O–H groups in total. The number of benzene rings is 2. The zero-order valence-electron chi connectivity index (χ0n) is 12.3. The molecule has 1 heteroatoms. The van der Waals surface area contributed by atoms with Crippen molar-refractivity contribution in [2.75, 3.05) is 0 Å². The third-order valence-electron chi connectivity index (χ3n) is 3.28. The first-order chi connectivity index (χ1) is 8.69. The van der Waals surface area contributed by atoms with Crippen LogP contribution in [0.1, 0.15) is 36.1 Å². The molecule has 0 radical (unpaired) electrons. The van der Waals surface area contributed by atoms with Crippen molar-refractivity contribution in [2.24, 2.45) is 0 Å². The molecule has 0 heterocycles. The third kappa shape index (κ3) is 6.07. The Balaban J connectivity index is 0.000000324. The summed E-state index contributed by atoms with van der Waals surface area (Å²) in [6, 6.07) is 17.0. The predicted octanol–water partition coefficient (Wildman–Crippen LogP) is 5.11. The molecule has 0 saturated carbocycles. The molecule has 106 valence electrons. The molecule has 0 fully saturated rings. The summed E-state index contributed by atoms with van der Waals surface area (Å²) in [5.41, 5.74) is 5.72. The molecular weight excluding hydrogens is 275 g/mol. The standard InChI is InChI=1S/2C9H12.Ni/c2*1-3-9-7-5-4-6-8(9)2;/h2*4-7H,3H2,1-2H3;. The smallest absolute Gasteiger partial charge is 0 e. The summed E-state index contributed by atoms with van der Waals surface area (Å²) < 4.78 is 0. The van der Waals surface area contributed by atoms with Crippen LogP contribution in [0.2, 0.25) is 0 Å². The van der Waals surface area contributed by atoms with Crippen LogP contribution in [-0.2, 0) is 29.3 Å². The minimum absolute atomic E-state index is 0. The van der Waals surface area contributed by atoms with E-state index in [0.717, 1.165) is 12.8 Å². The maximum absolute atomic E-state index is 2.18. The SMILES string of the molecule is CCc1ccccc1C.CCc1ccccc1C.[Ni]. The third-order valence-corrected chi connectivity index (χ3v) is 3.28. The van der Waals surface area contributed by atoms with Crippen molar-refractivity contribution < 1.29 is 16.5 Å². The molecule has 0 unspecified atom stereocenters. The average molecular weight is 299 g/mol. The Hall–Kier alpha value is -1.07. The first-order valence-electron chi connectivity index (χ1n) is 6.78. The van der Waals surface area contributed by atoms with Gasteiger partial charge in [-0.05, 0) is 48.9 Å². The van der Waals surface area contributed by atoms with Gasteiger partial charge in [-0.1, -0.05) is 62.4 Å². The minimum Gasteiger partial charge on any atom is -0.0620 e. The van der Waals surface area contributed by atoms with E-state index in [-0.39, 0.29) is 16.5 Å². The van der Waals surface area contributed by atoms with Crippen molar-refractivity contribution in [2.45, 2.75) is 40.5 Å². The van der Waals surface area contributed by atoms with Crippen LogP contribution in [0.25, 0.3) is 0 Å². The largest absolute Gasteiger partial charge is 0.0620 e. The van der Waals surface area contributed by atoms with E-state index in [1.165, 1.54) is 22.3 Å². The van der Waals surface area contributed by atoms with E-state index >= 15 is 0 Å². The maximum Gasteiger partial charge on any atom is 0 e. The summed E-state index contributed by atoms with van der Waals surface area (Å²) in [5, 5.41) is 0. The van der Waals surface area contributed by atoms with Crippen LogP contribution in [0.3, 0.4) is 0 Å². The van der Waals surface area contributed by atoms with Gasteiger partial charge in [-0.25, -0.2) is 0 Å². The van der Waals surface area contributed by atoms with Gasteiger partial charge in [-0.15, -0.1) is 0 Å². The molecule has 0 atom stereocenters. The summed E-state index contributed by atoms with van der Waals surface area (Å²) in [5.74, 6) is 0. The molecule has 0 spiro atoms. The molecule has 0 aromatic heterocycles. The molecule has 0 nitrogen and oxygen atoms in total. The van der Waals surface area contributed by atoms with Crippen LogP contribution in [0.5, 0.6) is 0 Å². The first kappa shape index (κ1) is 17.9. The number of hydrogen-bond donors (Lipinski definition) is 0. The summed E-state index contributed by atoms with van der Waals surface area (Å²) in [7, 11) is 0. The van der Waals surface area contributed by atoms with E-state index in [4.69, 9.17) is 0 Å². The van der Waals surface area contributed by atoms with E-state index in [1.807, 2.05) is 0 Å². The number of aryl methyl sites for hydroxylation is 4. The fourth-order valence-corrected chi connectivity index (χ4v) is 2.01. The van der Waals surface area contributed by atoms with E-state index < -0.39 is 0 Å². The van der Waals surface area contributed by atoms with Gasteiger partial charge in [-0.2, -0.15) is 0 Å². The normalized spacial score (nSPS) is 9.05. The molecule has 2 aromatic rings. The van der Waals surface area contributed by atoms with Crippen molar-refractivity contribution in [1.82, 2.24) is 0 Å². The van der Waals surface area contributed by atoms with Crippen LogP contribution >= 0.6 is 0 Å². The van der Waals surface area contributed by atoms with Crippen LogP contribution in [0.4, 0.5) is 0 Å². The number of rotatable bonds is 2. The van der Waals surface area contributed by atoms with Crippen molar-refractivity contribution in [3.8, 4) is 0 Å². The quantitative estimate of drug-likeness (QED) is 0.676. The van der Waals surface area contributed by atoms with Crippen molar-refractivity contribution in [3.63, 3.8) is 0 Å². The second-order valence-electron chi connectivity index (χ2n) is 4.56. The second kappa shape index (κ2) is 9.81. The van der Waals surface area contributed by atoms with Crippen molar-refractivity contribution in [1.29, 1.82) is 0 Å². The molecule has 0 aliphatic heterocycles. The Morgan fingerprint density at radius 1 is 0.632 bits per heavy atom. The predicted molar refractivity (Wildman–Crippen MR) is 81.1 cm³/mol. The molecular formula is C18H24Ni. The summed E-state index contributed by atoms with van der Waals surface area (Å²) in [6.07, 6.45) is 2.29. The topological polar surface area (TPSA) is 0 Å². The molecule has 2 rings (SSSR count). The zero-order chi connectivity index (χ0) is 13.4. The van der Waals surface area contributed by atoms with Crippen LogP contribution in [-0.4, -0.2) is 0 Å². The Kier molecular flexibility index (Phi) is 9.26. The van der Waals surface area contributed by atoms with Gasteiger partial charge in [0.1, 0.15) is 0 Å². The van der Waals surface area contributed by atoms with Crippen LogP contribution < -0.4 is 0 Å². The van der Waals surface area contributed by atoms with Gasteiger partial charge in [0.15, 0.2) is 0 Å². The Labute approximate surface area is 128 Å². The van der Waals surface area contributed by atoms with E-state index in [0.29, 0.717) is 0 Å². The van der Waals surface area contributed by atoms with Gasteiger partial charge >= 0.3 is 0 Å². The van der Waals surface area contributed by atoms with Gasteiger partial charge in [0.2, 0.25) is 0 Å². The summed E-state index contributed by atoms with van der Waals surface area (Å²) >= 11 is 0. The van der Waals surface area contributed by atoms with Gasteiger partial charge in [0.25, 0.3) is 0 Å². The molecule has 0 bridgehead atoms. The number of hydrogen-bond acceptors (Lipinski definition) is 0. The molecule has 0 aliphatic carbocycles. The summed E-state index contributed by atoms with van der Waals surface area (Å²) in [6.45, 7) is 8.67. The summed E-state index contributed by atoms with van der Waals surface area (Å²) in [4.78, 5) is 0. The monoisotopic (exact) mass is 298 g/mol. The van der Waals surface area contributed by atoms with E-state index in [1.54, 1.807) is 0 Å². The van der Waals surface area contributed by atoms with Gasteiger partial charge < -0.3 is 0 Å². The van der Waals surface area contributed by atoms with Crippen molar-refractivity contribution in [3.05, 3.63) is 70.8 Å². The fraction of sp³-hybridized carbons (Fsp3) is 0.333. The second-order valence-corrected chi connectivity index (χ2v) is 4.56. The molecule has 0 amide bonds. The Bertz CT molecular complexity index is 429. The van der Waals surface area contributed by atoms with E-state index in [9.17, 15) is 0 Å². The van der Waals surface area contributed by atoms with E-state index in [2.05, 4.69) is 76.2 Å². The molecule has 19 heavy (non-hydrogen) atoms. The Morgan fingerprint density at radius 3 is 1.16 bits per heavy atom. The van der Waals surface area contributed by atoms with Gasteiger partial charge in [-0.3, -0.25) is 0 Å². The van der Waals surface area contributed by atoms with Gasteiger partial charge in [0.05, 0.1) is 0 Å². The maximum atomic E-state index is 2.18. The fourth-order valence-electron chi connectivity index (χ4n) is 2.01. The Morgan fingerprint density at radius 2 is 0.947 bits per heavy atom. The van der Waals surface area contributed by atoms with Gasteiger partial charge in [0, 0.05) is 16.5 Å². The average Bonchev–Trinajstić information content (AvgIpc) is 2.41. The van der Waals surface area contributed by atoms with Crippen LogP contribution in [0.15, 0.2) is 48.5 Å². The molecule has 0 saturated heterocycles. The minimum atomic E-state index is 0. The first-order valence-corrected chi connectivity index (χ1v) is 6.78. The molecule has 2 aromatic carbocycles. The van der Waals surface area contributed by atoms with Crippen molar-refractivity contribution >= 4 is 0 Å². The van der Waals surface area contributed by atoms with Crippen LogP contribution in [0, 0.1) is 13.8 Å². The molecule has 0 aliphatic rings.